The molecule has 5 nitrogen and oxygen atoms in total. The number of hydrogen-bond acceptors (Lipinski definition) is 5. The Labute approximate surface area is 135 Å². The van der Waals surface area contributed by atoms with E-state index in [1.807, 2.05) is 48.7 Å². The Morgan fingerprint density at radius 2 is 2.17 bits per heavy atom. The number of hydrogen-bond donors (Lipinski definition) is 0. The Morgan fingerprint density at radius 1 is 1.26 bits per heavy atom. The predicted octanol–water partition coefficient (Wildman–Crippen LogP) is 3.54. The van der Waals surface area contributed by atoms with Gasteiger partial charge in [0.05, 0.1) is 10.4 Å². The third-order valence-corrected chi connectivity index (χ3v) is 4.52. The molecule has 23 heavy (non-hydrogen) atoms. The van der Waals surface area contributed by atoms with Crippen molar-refractivity contribution in [3.8, 4) is 0 Å². The lowest BCUT2D eigenvalue weighted by Crippen LogP contribution is -1.95. The van der Waals surface area contributed by atoms with Crippen LogP contribution in [0.2, 0.25) is 0 Å². The average Bonchev–Trinajstić information content (AvgIpc) is 3.23. The second-order valence-corrected chi connectivity index (χ2v) is 6.20. The van der Waals surface area contributed by atoms with Gasteiger partial charge in [0.25, 0.3) is 0 Å². The number of fused-ring (bicyclic) bond motifs is 3. The smallest absolute Gasteiger partial charge is 0.195 e. The van der Waals surface area contributed by atoms with Crippen LogP contribution < -0.4 is 0 Å². The highest BCUT2D eigenvalue weighted by Gasteiger charge is 2.09. The minimum absolute atomic E-state index is 0.0189. The van der Waals surface area contributed by atoms with Crippen molar-refractivity contribution in [1.29, 1.82) is 0 Å². The van der Waals surface area contributed by atoms with E-state index < -0.39 is 0 Å². The third-order valence-electron chi connectivity index (χ3n) is 3.63. The summed E-state index contributed by atoms with van der Waals surface area (Å²) in [5.41, 5.74) is 3.55. The van der Waals surface area contributed by atoms with E-state index in [1.165, 1.54) is 11.3 Å². The average molecular weight is 320 g/mol. The molecule has 0 aliphatic rings. The molecule has 0 bridgehead atoms. The fourth-order valence-electron chi connectivity index (χ4n) is 2.51. The van der Waals surface area contributed by atoms with E-state index in [-0.39, 0.29) is 5.78 Å². The highest BCUT2D eigenvalue weighted by atomic mass is 32.1. The lowest BCUT2D eigenvalue weighted by atomic mass is 10.1. The first-order chi connectivity index (χ1) is 11.2. The van der Waals surface area contributed by atoms with E-state index in [0.29, 0.717) is 10.5 Å². The summed E-state index contributed by atoms with van der Waals surface area (Å²) in [5.74, 6) is -0.0189. The number of nitrogens with zero attached hydrogens (tertiary/aromatic N) is 4. The number of ketones is 1. The molecule has 0 unspecified atom stereocenters. The fourth-order valence-corrected chi connectivity index (χ4v) is 3.15. The van der Waals surface area contributed by atoms with E-state index in [0.717, 1.165) is 22.0 Å². The number of pyridine rings is 1. The Bertz CT molecular complexity index is 1050. The number of aryl methyl sites for hydroxylation is 1. The van der Waals surface area contributed by atoms with Crippen LogP contribution in [0.3, 0.4) is 0 Å². The van der Waals surface area contributed by atoms with E-state index >= 15 is 0 Å². The summed E-state index contributed by atoms with van der Waals surface area (Å²) in [6, 6.07) is 11.8. The van der Waals surface area contributed by atoms with E-state index in [4.69, 9.17) is 0 Å². The van der Waals surface area contributed by atoms with E-state index in [9.17, 15) is 4.79 Å². The zero-order valence-electron chi connectivity index (χ0n) is 12.3. The summed E-state index contributed by atoms with van der Waals surface area (Å²) in [6.45, 7) is 2.03. The van der Waals surface area contributed by atoms with Crippen LogP contribution in [0.1, 0.15) is 20.8 Å². The molecule has 0 spiro atoms. The van der Waals surface area contributed by atoms with Crippen LogP contribution >= 0.6 is 11.3 Å². The molecule has 4 rings (SSSR count). The molecule has 0 N–H and O–H groups in total. The molecule has 0 aliphatic carbocycles. The largest absolute Gasteiger partial charge is 0.288 e. The molecule has 4 aromatic rings. The standard InChI is InChI=1S/C17H12N4OS/c1-11-4-5-12-10-13(6-7-15(22)16-3-2-8-23-16)17-18-19-20-21(17)14(12)9-11/h2-10H,1H3/b7-6+. The van der Waals surface area contributed by atoms with Crippen LogP contribution in [0.4, 0.5) is 0 Å². The Morgan fingerprint density at radius 3 is 3.00 bits per heavy atom. The summed E-state index contributed by atoms with van der Waals surface area (Å²) < 4.78 is 1.71. The van der Waals surface area contributed by atoms with Gasteiger partial charge in [-0.3, -0.25) is 4.79 Å². The number of allylic oxidation sites excluding steroid dienone is 1. The fraction of sp³-hybridized carbons (Fsp3) is 0.0588. The Hall–Kier alpha value is -2.86. The highest BCUT2D eigenvalue weighted by molar-refractivity contribution is 7.12. The van der Waals surface area contributed by atoms with Gasteiger partial charge in [0.15, 0.2) is 11.4 Å². The normalized spacial score (nSPS) is 11.7. The van der Waals surface area contributed by atoms with Gasteiger partial charge in [0, 0.05) is 10.9 Å². The number of aromatic nitrogens is 4. The molecular weight excluding hydrogens is 308 g/mol. The monoisotopic (exact) mass is 320 g/mol. The van der Waals surface area contributed by atoms with Crippen molar-refractivity contribution in [1.82, 2.24) is 20.0 Å². The lowest BCUT2D eigenvalue weighted by Gasteiger charge is -2.04. The number of rotatable bonds is 3. The van der Waals surface area contributed by atoms with Gasteiger partial charge >= 0.3 is 0 Å². The van der Waals surface area contributed by atoms with Crippen LogP contribution in [-0.4, -0.2) is 25.8 Å². The molecule has 3 aromatic heterocycles. The SMILES string of the molecule is Cc1ccc2cc(/C=C/C(=O)c3cccs3)c3nnnn3c2c1. The van der Waals surface area contributed by atoms with Gasteiger partial charge in [-0.1, -0.05) is 18.2 Å². The van der Waals surface area contributed by atoms with Crippen molar-refractivity contribution in [2.75, 3.05) is 0 Å². The molecule has 0 saturated heterocycles. The molecule has 0 atom stereocenters. The van der Waals surface area contributed by atoms with Crippen LogP contribution in [0.25, 0.3) is 22.6 Å². The van der Waals surface area contributed by atoms with Crippen LogP contribution in [-0.2, 0) is 0 Å². The number of benzene rings is 1. The summed E-state index contributed by atoms with van der Waals surface area (Å²) in [7, 11) is 0. The van der Waals surface area contributed by atoms with Crippen molar-refractivity contribution < 1.29 is 4.79 Å². The van der Waals surface area contributed by atoms with Gasteiger partial charge < -0.3 is 0 Å². The number of tetrazole rings is 1. The van der Waals surface area contributed by atoms with Crippen LogP contribution in [0.15, 0.2) is 47.9 Å². The first-order valence-corrected chi connectivity index (χ1v) is 7.98. The van der Waals surface area contributed by atoms with Crippen molar-refractivity contribution in [3.63, 3.8) is 0 Å². The van der Waals surface area contributed by atoms with Crippen LogP contribution in [0, 0.1) is 6.92 Å². The van der Waals surface area contributed by atoms with Gasteiger partial charge in [0.2, 0.25) is 0 Å². The molecule has 0 aliphatic heterocycles. The zero-order chi connectivity index (χ0) is 15.8. The highest BCUT2D eigenvalue weighted by Crippen LogP contribution is 2.21. The van der Waals surface area contributed by atoms with Crippen LogP contribution in [0.5, 0.6) is 0 Å². The molecule has 6 heteroatoms. The minimum atomic E-state index is -0.0189. The van der Waals surface area contributed by atoms with Gasteiger partial charge in [-0.05, 0) is 58.6 Å². The predicted molar refractivity (Wildman–Crippen MR) is 90.7 cm³/mol. The van der Waals surface area contributed by atoms with Crippen molar-refractivity contribution >= 4 is 39.7 Å². The molecule has 0 saturated carbocycles. The maximum atomic E-state index is 12.1. The molecule has 0 amide bonds. The Balaban J connectivity index is 1.84. The topological polar surface area (TPSA) is 60.2 Å². The first-order valence-electron chi connectivity index (χ1n) is 7.10. The summed E-state index contributed by atoms with van der Waals surface area (Å²) in [6.07, 6.45) is 3.34. The van der Waals surface area contributed by atoms with Gasteiger partial charge in [0.1, 0.15) is 0 Å². The molecule has 3 heterocycles. The zero-order valence-corrected chi connectivity index (χ0v) is 13.1. The van der Waals surface area contributed by atoms with Gasteiger partial charge in [-0.2, -0.15) is 4.52 Å². The summed E-state index contributed by atoms with van der Waals surface area (Å²) in [4.78, 5) is 12.8. The van der Waals surface area contributed by atoms with Crippen molar-refractivity contribution in [2.45, 2.75) is 6.92 Å². The quantitative estimate of drug-likeness (QED) is 0.428. The maximum absolute atomic E-state index is 12.1. The molecular formula is C17H12N4OS. The third kappa shape index (κ3) is 2.43. The Kier molecular flexibility index (Phi) is 3.24. The van der Waals surface area contributed by atoms with Crippen molar-refractivity contribution in [3.05, 3.63) is 63.9 Å². The van der Waals surface area contributed by atoms with Gasteiger partial charge in [-0.25, -0.2) is 0 Å². The molecule has 0 radical (unpaired) electrons. The molecule has 112 valence electrons. The second kappa shape index (κ2) is 5.40. The number of carbonyl (C=O) groups excluding carboxylic acids is 1. The minimum Gasteiger partial charge on any atom is -0.288 e. The van der Waals surface area contributed by atoms with Crippen molar-refractivity contribution in [2.24, 2.45) is 0 Å². The summed E-state index contributed by atoms with van der Waals surface area (Å²) in [5, 5.41) is 14.8. The van der Waals surface area contributed by atoms with E-state index in [2.05, 4.69) is 15.5 Å². The second-order valence-electron chi connectivity index (χ2n) is 5.25. The number of carbonyl (C=O) groups is 1. The lowest BCUT2D eigenvalue weighted by molar-refractivity contribution is 0.105. The molecule has 0 fully saturated rings. The maximum Gasteiger partial charge on any atom is 0.195 e. The number of thiophene rings is 1. The summed E-state index contributed by atoms with van der Waals surface area (Å²) >= 11 is 1.43. The molecule has 1 aromatic carbocycles. The first kappa shape index (κ1) is 13.8. The van der Waals surface area contributed by atoms with E-state index in [1.54, 1.807) is 16.7 Å². The van der Waals surface area contributed by atoms with Gasteiger partial charge in [-0.15, -0.1) is 16.4 Å².